The van der Waals surface area contributed by atoms with Gasteiger partial charge >= 0.3 is 6.03 Å². The summed E-state index contributed by atoms with van der Waals surface area (Å²) in [5.41, 5.74) is 5.56. The predicted molar refractivity (Wildman–Crippen MR) is 137 cm³/mol. The molecule has 182 valence electrons. The molecule has 0 unspecified atom stereocenters. The van der Waals surface area contributed by atoms with Crippen LogP contribution in [0.15, 0.2) is 42.6 Å². The molecule has 4 N–H and O–H groups in total. The second-order valence-corrected chi connectivity index (χ2v) is 8.65. The third-order valence-corrected chi connectivity index (χ3v) is 6.30. The molecule has 2 aromatic carbocycles. The third kappa shape index (κ3) is 4.84. The summed E-state index contributed by atoms with van der Waals surface area (Å²) in [5, 5.41) is 18.1. The number of piperazine rings is 1. The van der Waals surface area contributed by atoms with E-state index in [2.05, 4.69) is 36.8 Å². The predicted octanol–water partition coefficient (Wildman–Crippen LogP) is 3.28. The first kappa shape index (κ1) is 22.9. The smallest absolute Gasteiger partial charge is 0.323 e. The van der Waals surface area contributed by atoms with Gasteiger partial charge in [-0.25, -0.2) is 14.8 Å². The Bertz CT molecular complexity index is 1240. The van der Waals surface area contributed by atoms with Crippen molar-refractivity contribution in [2.24, 2.45) is 0 Å². The first-order valence-corrected chi connectivity index (χ1v) is 11.6. The summed E-state index contributed by atoms with van der Waals surface area (Å²) in [5.74, 6) is 1.08. The number of aromatic nitrogens is 2. The van der Waals surface area contributed by atoms with Crippen molar-refractivity contribution in [2.75, 3.05) is 67.3 Å². The van der Waals surface area contributed by atoms with Gasteiger partial charge in [0.15, 0.2) is 0 Å². The molecule has 10 nitrogen and oxygen atoms in total. The summed E-state index contributed by atoms with van der Waals surface area (Å²) in [6, 6.07) is 11.6. The van der Waals surface area contributed by atoms with Gasteiger partial charge in [0.25, 0.3) is 0 Å². The Morgan fingerprint density at radius 1 is 1.09 bits per heavy atom. The summed E-state index contributed by atoms with van der Waals surface area (Å²) in [4.78, 5) is 26.0. The lowest BCUT2D eigenvalue weighted by atomic mass is 10.1. The number of fused-ring (bicyclic) bond motifs is 3. The second kappa shape index (κ2) is 9.77. The molecule has 35 heavy (non-hydrogen) atoms. The Kier molecular flexibility index (Phi) is 6.39. The lowest BCUT2D eigenvalue weighted by Crippen LogP contribution is -2.47. The molecule has 0 aliphatic carbocycles. The number of carbonyl (C=O) groups excluding carboxylic acids is 1. The average molecular weight is 476 g/mol. The Morgan fingerprint density at radius 3 is 2.66 bits per heavy atom. The van der Waals surface area contributed by atoms with Crippen LogP contribution in [-0.2, 0) is 0 Å². The van der Waals surface area contributed by atoms with E-state index >= 15 is 0 Å². The van der Waals surface area contributed by atoms with Gasteiger partial charge in [-0.15, -0.1) is 0 Å². The number of methoxy groups -OCH3 is 1. The van der Waals surface area contributed by atoms with Crippen LogP contribution in [-0.4, -0.2) is 72.4 Å². The van der Waals surface area contributed by atoms with Crippen LogP contribution in [0.2, 0.25) is 0 Å². The molecule has 1 fully saturated rings. The van der Waals surface area contributed by atoms with E-state index < -0.39 is 0 Å². The minimum Gasteiger partial charge on any atom is -0.494 e. The zero-order chi connectivity index (χ0) is 24.4. The maximum absolute atomic E-state index is 12.3. The van der Waals surface area contributed by atoms with Gasteiger partial charge in [0.1, 0.15) is 11.4 Å². The van der Waals surface area contributed by atoms with Crippen LogP contribution in [0, 0.1) is 6.92 Å². The molecule has 0 spiro atoms. The van der Waals surface area contributed by atoms with E-state index in [1.54, 1.807) is 13.3 Å². The van der Waals surface area contributed by atoms with E-state index in [1.807, 2.05) is 37.3 Å². The molecule has 2 amide bonds. The van der Waals surface area contributed by atoms with Gasteiger partial charge in [-0.05, 0) is 30.7 Å². The standard InChI is InChI=1S/C25H29N7O3/c1-16-3-5-18-20(13-16)28-25(34)29-21-15-26-24(30-23(18)21)27-19-6-4-17(14-22(19)35-2)32-9-7-31(8-10-32)11-12-33/h3-6,13-15,33H,7-12H2,1-2H3,(H,26,27,30)(H2,28,29,34). The Morgan fingerprint density at radius 2 is 1.89 bits per heavy atom. The van der Waals surface area contributed by atoms with Gasteiger partial charge in [-0.2, -0.15) is 0 Å². The number of aryl methyl sites for hydroxylation is 1. The van der Waals surface area contributed by atoms with E-state index in [9.17, 15) is 4.79 Å². The van der Waals surface area contributed by atoms with E-state index in [0.29, 0.717) is 35.3 Å². The van der Waals surface area contributed by atoms with Crippen LogP contribution in [0.3, 0.4) is 0 Å². The molecule has 10 heteroatoms. The number of urea groups is 1. The highest BCUT2D eigenvalue weighted by Crippen LogP contribution is 2.37. The van der Waals surface area contributed by atoms with Crippen molar-refractivity contribution in [3.05, 3.63) is 48.2 Å². The fourth-order valence-corrected chi connectivity index (χ4v) is 4.45. The minimum absolute atomic E-state index is 0.188. The molecule has 0 bridgehead atoms. The number of hydrogen-bond acceptors (Lipinski definition) is 8. The SMILES string of the molecule is COc1cc(N2CCN(CCO)CC2)ccc1Nc1ncc2c(n1)-c1ccc(C)cc1NC(=O)N2. The summed E-state index contributed by atoms with van der Waals surface area (Å²) in [6.45, 7) is 6.49. The zero-order valence-electron chi connectivity index (χ0n) is 19.8. The fraction of sp³-hybridized carbons (Fsp3) is 0.320. The number of nitrogens with one attached hydrogen (secondary N) is 3. The van der Waals surface area contributed by atoms with Gasteiger partial charge in [0, 0.05) is 50.0 Å². The van der Waals surface area contributed by atoms with Crippen LogP contribution in [0.4, 0.5) is 33.5 Å². The summed E-state index contributed by atoms with van der Waals surface area (Å²) in [7, 11) is 1.64. The number of β-amino-alcohol motifs (C(OH)–C–C–N with tert-alkyl or cyclic N) is 1. The molecule has 0 atom stereocenters. The highest BCUT2D eigenvalue weighted by Gasteiger charge is 2.22. The number of rotatable bonds is 6. The van der Waals surface area contributed by atoms with E-state index in [-0.39, 0.29) is 12.6 Å². The lowest BCUT2D eigenvalue weighted by Gasteiger charge is -2.36. The minimum atomic E-state index is -0.325. The molecule has 5 rings (SSSR count). The number of nitrogens with zero attached hydrogens (tertiary/aromatic N) is 4. The number of anilines is 5. The first-order valence-electron chi connectivity index (χ1n) is 11.6. The number of hydrogen-bond donors (Lipinski definition) is 4. The molecule has 0 radical (unpaired) electrons. The van der Waals surface area contributed by atoms with Crippen molar-refractivity contribution in [1.82, 2.24) is 14.9 Å². The van der Waals surface area contributed by atoms with Crippen molar-refractivity contribution < 1.29 is 14.6 Å². The summed E-state index contributed by atoms with van der Waals surface area (Å²) < 4.78 is 5.67. The normalized spacial score (nSPS) is 15.4. The number of benzene rings is 2. The molecule has 3 aromatic rings. The Hall–Kier alpha value is -3.89. The fourth-order valence-electron chi connectivity index (χ4n) is 4.45. The number of amides is 2. The highest BCUT2D eigenvalue weighted by molar-refractivity contribution is 6.07. The van der Waals surface area contributed by atoms with E-state index in [1.165, 1.54) is 0 Å². The van der Waals surface area contributed by atoms with Crippen LogP contribution in [0.1, 0.15) is 5.56 Å². The maximum atomic E-state index is 12.3. The monoisotopic (exact) mass is 475 g/mol. The molecule has 1 saturated heterocycles. The van der Waals surface area contributed by atoms with Crippen molar-refractivity contribution in [2.45, 2.75) is 6.92 Å². The van der Waals surface area contributed by atoms with Crippen LogP contribution in [0.25, 0.3) is 11.3 Å². The van der Waals surface area contributed by atoms with Crippen molar-refractivity contribution in [3.8, 4) is 17.0 Å². The topological polar surface area (TPSA) is 115 Å². The maximum Gasteiger partial charge on any atom is 0.323 e. The summed E-state index contributed by atoms with van der Waals surface area (Å²) in [6.07, 6.45) is 1.60. The van der Waals surface area contributed by atoms with Gasteiger partial charge < -0.3 is 30.7 Å². The van der Waals surface area contributed by atoms with E-state index in [0.717, 1.165) is 48.7 Å². The van der Waals surface area contributed by atoms with E-state index in [4.69, 9.17) is 14.8 Å². The molecule has 3 heterocycles. The highest BCUT2D eigenvalue weighted by atomic mass is 16.5. The second-order valence-electron chi connectivity index (χ2n) is 8.65. The van der Waals surface area contributed by atoms with Gasteiger partial charge in [-0.3, -0.25) is 4.90 Å². The molecule has 1 aromatic heterocycles. The average Bonchev–Trinajstić information content (AvgIpc) is 2.99. The van der Waals surface area contributed by atoms with Crippen molar-refractivity contribution in [3.63, 3.8) is 0 Å². The lowest BCUT2D eigenvalue weighted by molar-refractivity contribution is 0.189. The summed E-state index contributed by atoms with van der Waals surface area (Å²) >= 11 is 0. The molecular weight excluding hydrogens is 446 g/mol. The molecule has 2 aliphatic rings. The molecule has 0 saturated carbocycles. The van der Waals surface area contributed by atoms with Crippen LogP contribution >= 0.6 is 0 Å². The number of aliphatic hydroxyl groups excluding tert-OH is 1. The van der Waals surface area contributed by atoms with Crippen molar-refractivity contribution >= 4 is 34.7 Å². The van der Waals surface area contributed by atoms with Gasteiger partial charge in [0.2, 0.25) is 5.95 Å². The number of aliphatic hydroxyl groups is 1. The van der Waals surface area contributed by atoms with Gasteiger partial charge in [-0.1, -0.05) is 12.1 Å². The largest absolute Gasteiger partial charge is 0.494 e. The van der Waals surface area contributed by atoms with Crippen LogP contribution in [0.5, 0.6) is 5.75 Å². The quantitative estimate of drug-likeness (QED) is 0.430. The molecule has 2 aliphatic heterocycles. The zero-order valence-corrected chi connectivity index (χ0v) is 19.8. The molecular formula is C25H29N7O3. The third-order valence-electron chi connectivity index (χ3n) is 6.30. The first-order chi connectivity index (χ1) is 17.0. The number of ether oxygens (including phenoxy) is 1. The van der Waals surface area contributed by atoms with Crippen molar-refractivity contribution in [1.29, 1.82) is 0 Å². The Balaban J connectivity index is 1.39. The van der Waals surface area contributed by atoms with Gasteiger partial charge in [0.05, 0.1) is 37.0 Å². The van der Waals surface area contributed by atoms with Crippen LogP contribution < -0.4 is 25.6 Å². The number of carbonyl (C=O) groups is 1. The Labute approximate surface area is 203 Å².